The molecule has 0 radical (unpaired) electrons. The number of aliphatic hydroxyl groups is 6. The van der Waals surface area contributed by atoms with Crippen LogP contribution in [0.5, 0.6) is 0 Å². The van der Waals surface area contributed by atoms with Gasteiger partial charge in [-0.2, -0.15) is 0 Å². The van der Waals surface area contributed by atoms with Crippen molar-refractivity contribution in [2.75, 3.05) is 6.61 Å². The summed E-state index contributed by atoms with van der Waals surface area (Å²) in [5, 5.41) is 55.5. The zero-order chi connectivity index (χ0) is 11.8. The Bertz CT molecular complexity index is 219. The zero-order valence-electron chi connectivity index (χ0n) is 8.19. The third kappa shape index (κ3) is 2.28. The molecule has 0 bridgehead atoms. The SMILES string of the molecule is CC1(O)OC([C@H](O)CO)[C@@H](O)[C@H](O)C1O. The van der Waals surface area contributed by atoms with E-state index < -0.39 is 42.9 Å². The summed E-state index contributed by atoms with van der Waals surface area (Å²) < 4.78 is 4.81. The highest BCUT2D eigenvalue weighted by atomic mass is 16.7. The Balaban J connectivity index is 2.84. The largest absolute Gasteiger partial charge is 0.394 e. The van der Waals surface area contributed by atoms with Gasteiger partial charge in [0.05, 0.1) is 6.61 Å². The first-order valence-electron chi connectivity index (χ1n) is 4.54. The molecule has 7 nitrogen and oxygen atoms in total. The van der Waals surface area contributed by atoms with Crippen LogP contribution in [-0.4, -0.2) is 73.6 Å². The first kappa shape index (κ1) is 12.8. The summed E-state index contributed by atoms with van der Waals surface area (Å²) in [6, 6.07) is 0. The van der Waals surface area contributed by atoms with Gasteiger partial charge in [0.15, 0.2) is 5.79 Å². The van der Waals surface area contributed by atoms with Crippen molar-refractivity contribution in [1.29, 1.82) is 0 Å². The predicted octanol–water partition coefficient (Wildman–Crippen LogP) is -3.47. The van der Waals surface area contributed by atoms with Gasteiger partial charge in [0.2, 0.25) is 0 Å². The molecule has 0 aromatic rings. The monoisotopic (exact) mass is 224 g/mol. The van der Waals surface area contributed by atoms with Gasteiger partial charge in [0.1, 0.15) is 30.5 Å². The topological polar surface area (TPSA) is 131 Å². The fourth-order valence-electron chi connectivity index (χ4n) is 1.52. The molecule has 7 heteroatoms. The lowest BCUT2D eigenvalue weighted by Gasteiger charge is -2.45. The molecule has 1 aliphatic rings. The summed E-state index contributed by atoms with van der Waals surface area (Å²) in [5.74, 6) is -2.08. The highest BCUT2D eigenvalue weighted by molar-refractivity contribution is 4.96. The average Bonchev–Trinajstić information content (AvgIpc) is 2.19. The third-order valence-corrected chi connectivity index (χ3v) is 2.50. The van der Waals surface area contributed by atoms with Crippen LogP contribution in [-0.2, 0) is 4.74 Å². The molecule has 1 fully saturated rings. The average molecular weight is 224 g/mol. The van der Waals surface area contributed by atoms with E-state index in [1.807, 2.05) is 0 Å². The van der Waals surface area contributed by atoms with E-state index in [0.29, 0.717) is 0 Å². The number of hydrogen-bond donors (Lipinski definition) is 6. The number of rotatable bonds is 2. The van der Waals surface area contributed by atoms with Gasteiger partial charge in [-0.15, -0.1) is 0 Å². The van der Waals surface area contributed by atoms with Crippen molar-refractivity contribution < 1.29 is 35.4 Å². The highest BCUT2D eigenvalue weighted by Crippen LogP contribution is 2.29. The van der Waals surface area contributed by atoms with Gasteiger partial charge in [-0.05, 0) is 6.92 Å². The Hall–Kier alpha value is -0.280. The quantitative estimate of drug-likeness (QED) is 0.287. The van der Waals surface area contributed by atoms with Crippen LogP contribution in [0, 0.1) is 0 Å². The fraction of sp³-hybridized carbons (Fsp3) is 1.00. The number of aliphatic hydroxyl groups excluding tert-OH is 5. The van der Waals surface area contributed by atoms with Crippen LogP contribution in [0.15, 0.2) is 0 Å². The minimum absolute atomic E-state index is 0.694. The maximum Gasteiger partial charge on any atom is 0.192 e. The van der Waals surface area contributed by atoms with Gasteiger partial charge in [-0.25, -0.2) is 0 Å². The van der Waals surface area contributed by atoms with Crippen LogP contribution in [0.3, 0.4) is 0 Å². The van der Waals surface area contributed by atoms with Gasteiger partial charge in [0.25, 0.3) is 0 Å². The summed E-state index contributed by atoms with van der Waals surface area (Å²) in [4.78, 5) is 0. The molecule has 1 rings (SSSR count). The second kappa shape index (κ2) is 4.30. The van der Waals surface area contributed by atoms with Crippen LogP contribution in [0.25, 0.3) is 0 Å². The van der Waals surface area contributed by atoms with E-state index >= 15 is 0 Å². The van der Waals surface area contributed by atoms with Crippen LogP contribution >= 0.6 is 0 Å². The van der Waals surface area contributed by atoms with Crippen LogP contribution < -0.4 is 0 Å². The fourth-order valence-corrected chi connectivity index (χ4v) is 1.52. The summed E-state index contributed by atoms with van der Waals surface area (Å²) in [6.45, 7) is 0.393. The Morgan fingerprint density at radius 3 is 2.27 bits per heavy atom. The van der Waals surface area contributed by atoms with E-state index in [4.69, 9.17) is 9.84 Å². The molecule has 1 aliphatic heterocycles. The molecule has 6 atom stereocenters. The van der Waals surface area contributed by atoms with Gasteiger partial charge in [0, 0.05) is 0 Å². The molecule has 0 saturated carbocycles. The standard InChI is InChI=1S/C8H16O7/c1-8(14)7(13)5(12)4(11)6(15-8)3(10)2-9/h3-7,9-14H,2H2,1H3/t3-,4+,5+,6?,7?,8?/m1/s1. The first-order chi connectivity index (χ1) is 6.81. The Morgan fingerprint density at radius 2 is 1.80 bits per heavy atom. The number of ether oxygens (including phenoxy) is 1. The molecule has 0 aromatic heterocycles. The van der Waals surface area contributed by atoms with Gasteiger partial charge in [-0.3, -0.25) is 0 Å². The van der Waals surface area contributed by atoms with Crippen LogP contribution in [0.4, 0.5) is 0 Å². The maximum absolute atomic E-state index is 9.51. The van der Waals surface area contributed by atoms with E-state index in [1.165, 1.54) is 0 Å². The number of hydrogen-bond acceptors (Lipinski definition) is 7. The van der Waals surface area contributed by atoms with E-state index in [2.05, 4.69) is 0 Å². The summed E-state index contributed by atoms with van der Waals surface area (Å²) in [7, 11) is 0. The van der Waals surface area contributed by atoms with Crippen LogP contribution in [0.2, 0.25) is 0 Å². The lowest BCUT2D eigenvalue weighted by Crippen LogP contribution is -2.65. The summed E-state index contributed by atoms with van der Waals surface area (Å²) in [6.07, 6.45) is -7.73. The lowest BCUT2D eigenvalue weighted by atomic mass is 9.91. The Labute approximate surface area is 86.2 Å². The van der Waals surface area contributed by atoms with Gasteiger partial charge < -0.3 is 35.4 Å². The van der Waals surface area contributed by atoms with Crippen molar-refractivity contribution in [3.8, 4) is 0 Å². The highest BCUT2D eigenvalue weighted by Gasteiger charge is 2.51. The van der Waals surface area contributed by atoms with E-state index in [0.717, 1.165) is 6.92 Å². The van der Waals surface area contributed by atoms with E-state index in [-0.39, 0.29) is 0 Å². The van der Waals surface area contributed by atoms with Crippen molar-refractivity contribution >= 4 is 0 Å². The molecule has 0 aromatic carbocycles. The summed E-state index contributed by atoms with van der Waals surface area (Å²) >= 11 is 0. The molecule has 1 heterocycles. The Morgan fingerprint density at radius 1 is 1.27 bits per heavy atom. The molecular weight excluding hydrogens is 208 g/mol. The maximum atomic E-state index is 9.51. The van der Waals surface area contributed by atoms with Crippen LogP contribution in [0.1, 0.15) is 6.92 Å². The van der Waals surface area contributed by atoms with Crippen molar-refractivity contribution in [3.63, 3.8) is 0 Å². The molecule has 15 heavy (non-hydrogen) atoms. The molecule has 0 spiro atoms. The van der Waals surface area contributed by atoms with Gasteiger partial charge >= 0.3 is 0 Å². The van der Waals surface area contributed by atoms with Crippen molar-refractivity contribution in [3.05, 3.63) is 0 Å². The minimum atomic E-state index is -2.08. The normalized spacial score (nSPS) is 49.0. The van der Waals surface area contributed by atoms with E-state index in [9.17, 15) is 25.5 Å². The van der Waals surface area contributed by atoms with Crippen molar-refractivity contribution in [2.45, 2.75) is 43.2 Å². The molecule has 0 amide bonds. The molecule has 0 aliphatic carbocycles. The predicted molar refractivity (Wildman–Crippen MR) is 46.6 cm³/mol. The molecule has 6 N–H and O–H groups in total. The second-order valence-corrected chi connectivity index (χ2v) is 3.81. The lowest BCUT2D eigenvalue weighted by molar-refractivity contribution is -0.350. The molecule has 3 unspecified atom stereocenters. The third-order valence-electron chi connectivity index (χ3n) is 2.50. The molecule has 1 saturated heterocycles. The molecule has 90 valence electrons. The van der Waals surface area contributed by atoms with Crippen molar-refractivity contribution in [1.82, 2.24) is 0 Å². The second-order valence-electron chi connectivity index (χ2n) is 3.81. The van der Waals surface area contributed by atoms with Crippen molar-refractivity contribution in [2.24, 2.45) is 0 Å². The van der Waals surface area contributed by atoms with E-state index in [1.54, 1.807) is 0 Å². The Kier molecular flexibility index (Phi) is 3.67. The van der Waals surface area contributed by atoms with Gasteiger partial charge in [-0.1, -0.05) is 0 Å². The zero-order valence-corrected chi connectivity index (χ0v) is 8.19. The minimum Gasteiger partial charge on any atom is -0.394 e. The first-order valence-corrected chi connectivity index (χ1v) is 4.54. The summed E-state index contributed by atoms with van der Waals surface area (Å²) in [5.41, 5.74) is 0. The smallest absolute Gasteiger partial charge is 0.192 e. The molecular formula is C8H16O7.